The number of quaternary nitrogens is 1. The first kappa shape index (κ1) is 30.7. The normalized spacial score (nSPS) is 11.5. The Balaban J connectivity index is -0.000000772. The van der Waals surface area contributed by atoms with Gasteiger partial charge in [-0.1, -0.05) is 84.0 Å². The van der Waals surface area contributed by atoms with Gasteiger partial charge in [0, 0.05) is 0 Å². The van der Waals surface area contributed by atoms with Crippen molar-refractivity contribution in [2.45, 2.75) is 96.8 Å². The molecule has 0 aliphatic rings. The van der Waals surface area contributed by atoms with Crippen LogP contribution in [0.2, 0.25) is 0 Å². The lowest BCUT2D eigenvalue weighted by Crippen LogP contribution is -2.35. The standard InChI is InChI=1S/C19H42N.H3N.H3O4P/c1-5-6-7-8-9-10-11-12-13-14-15-16-17-18-19-20(2,3)4;;1-5(2,3)4/h5-19H2,1-4H3;1H3;(H3,1,2,3,4)/q+1;;/p-1. The lowest BCUT2D eigenvalue weighted by Gasteiger charge is -2.23. The van der Waals surface area contributed by atoms with Crippen molar-refractivity contribution in [1.82, 2.24) is 6.15 Å². The molecule has 0 spiro atoms. The molecule has 0 rings (SSSR count). The maximum absolute atomic E-state index is 8.77. The first-order valence-corrected chi connectivity index (χ1v) is 11.7. The second-order valence-corrected chi connectivity index (χ2v) is 9.08. The van der Waals surface area contributed by atoms with E-state index in [9.17, 15) is 0 Å². The highest BCUT2D eigenvalue weighted by Gasteiger charge is 2.04. The van der Waals surface area contributed by atoms with E-state index in [1.165, 1.54) is 96.4 Å². The van der Waals surface area contributed by atoms with Gasteiger partial charge in [-0.3, -0.25) is 4.57 Å². The largest absolute Gasteiger partial charge is 0.756 e. The molecule has 5 N–H and O–H groups in total. The van der Waals surface area contributed by atoms with E-state index in [4.69, 9.17) is 19.2 Å². The van der Waals surface area contributed by atoms with Gasteiger partial charge in [-0.2, -0.15) is 0 Å². The molecule has 0 fully saturated rings. The molecular formula is C19H47N2O4P. The molecule has 0 radical (unpaired) electrons. The molecule has 0 saturated carbocycles. The Bertz CT molecular complexity index is 309. The number of rotatable bonds is 15. The van der Waals surface area contributed by atoms with Crippen LogP contribution in [0.4, 0.5) is 0 Å². The molecule has 0 saturated heterocycles. The Morgan fingerprint density at radius 2 is 0.923 bits per heavy atom. The molecule has 0 bridgehead atoms. The minimum absolute atomic E-state index is 0. The van der Waals surface area contributed by atoms with Gasteiger partial charge in [-0.05, 0) is 12.8 Å². The summed E-state index contributed by atoms with van der Waals surface area (Å²) in [4.78, 5) is 22.9. The molecule has 0 unspecified atom stereocenters. The fourth-order valence-electron chi connectivity index (χ4n) is 2.78. The van der Waals surface area contributed by atoms with Crippen LogP contribution >= 0.6 is 7.82 Å². The van der Waals surface area contributed by atoms with Gasteiger partial charge in [-0.25, -0.2) is 0 Å². The smallest absolute Gasteiger partial charge is 0.262 e. The predicted octanol–water partition coefficient (Wildman–Crippen LogP) is 4.78. The summed E-state index contributed by atoms with van der Waals surface area (Å²) in [5.41, 5.74) is 0. The van der Waals surface area contributed by atoms with E-state index in [1.807, 2.05) is 0 Å². The van der Waals surface area contributed by atoms with E-state index in [0.29, 0.717) is 0 Å². The van der Waals surface area contributed by atoms with Crippen LogP contribution in [0.5, 0.6) is 0 Å². The molecule has 0 aliphatic heterocycles. The monoisotopic (exact) mass is 398 g/mol. The van der Waals surface area contributed by atoms with Crippen molar-refractivity contribution in [3.8, 4) is 0 Å². The molecule has 6 nitrogen and oxygen atoms in total. The van der Waals surface area contributed by atoms with Crippen molar-refractivity contribution in [1.29, 1.82) is 0 Å². The average Bonchev–Trinajstić information content (AvgIpc) is 2.45. The zero-order chi connectivity index (χ0) is 19.6. The van der Waals surface area contributed by atoms with Crippen LogP contribution in [0.15, 0.2) is 0 Å². The van der Waals surface area contributed by atoms with E-state index in [1.54, 1.807) is 0 Å². The maximum Gasteiger partial charge on any atom is 0.262 e. The fourth-order valence-corrected chi connectivity index (χ4v) is 2.78. The van der Waals surface area contributed by atoms with Gasteiger partial charge >= 0.3 is 0 Å². The number of unbranched alkanes of at least 4 members (excludes halogenated alkanes) is 13. The molecule has 0 atom stereocenters. The second kappa shape index (κ2) is 19.8. The van der Waals surface area contributed by atoms with Gasteiger partial charge in [0.05, 0.1) is 27.7 Å². The molecule has 0 aromatic carbocycles. The van der Waals surface area contributed by atoms with Crippen LogP contribution in [0.1, 0.15) is 96.8 Å². The summed E-state index contributed by atoms with van der Waals surface area (Å²) >= 11 is 0. The zero-order valence-corrected chi connectivity index (χ0v) is 18.8. The van der Waals surface area contributed by atoms with Gasteiger partial charge in [0.2, 0.25) is 0 Å². The zero-order valence-electron chi connectivity index (χ0n) is 17.9. The first-order chi connectivity index (χ1) is 11.6. The summed E-state index contributed by atoms with van der Waals surface area (Å²) in [6.45, 7) is 3.63. The number of nitrogens with zero attached hydrogens (tertiary/aromatic N) is 1. The lowest BCUT2D eigenvalue weighted by molar-refractivity contribution is -0.870. The Hall–Kier alpha value is 0.0300. The second-order valence-electron chi connectivity index (χ2n) is 8.10. The van der Waals surface area contributed by atoms with E-state index >= 15 is 0 Å². The third-order valence-corrected chi connectivity index (χ3v) is 4.18. The van der Waals surface area contributed by atoms with Crippen molar-refractivity contribution >= 4 is 7.82 Å². The molecule has 26 heavy (non-hydrogen) atoms. The third kappa shape index (κ3) is 43.9. The van der Waals surface area contributed by atoms with Crippen LogP contribution in [-0.4, -0.2) is 42.0 Å². The van der Waals surface area contributed by atoms with Crippen molar-refractivity contribution in [2.75, 3.05) is 27.7 Å². The third-order valence-electron chi connectivity index (χ3n) is 4.18. The quantitative estimate of drug-likeness (QED) is 0.209. The summed E-state index contributed by atoms with van der Waals surface area (Å²) in [5, 5.41) is 0. The highest BCUT2D eigenvalue weighted by molar-refractivity contribution is 7.43. The molecular weight excluding hydrogens is 351 g/mol. The Labute approximate surface area is 162 Å². The summed E-state index contributed by atoms with van der Waals surface area (Å²) in [5.74, 6) is 0. The highest BCUT2D eigenvalue weighted by Crippen LogP contribution is 2.19. The fraction of sp³-hybridized carbons (Fsp3) is 1.00. The van der Waals surface area contributed by atoms with E-state index in [2.05, 4.69) is 28.1 Å². The van der Waals surface area contributed by atoms with Crippen LogP contribution in [-0.2, 0) is 4.57 Å². The van der Waals surface area contributed by atoms with Crippen molar-refractivity contribution in [2.24, 2.45) is 0 Å². The summed E-state index contributed by atoms with van der Waals surface area (Å²) in [7, 11) is 1.99. The molecule has 162 valence electrons. The van der Waals surface area contributed by atoms with Crippen molar-refractivity contribution in [3.63, 3.8) is 0 Å². The van der Waals surface area contributed by atoms with Gasteiger partial charge in [-0.15, -0.1) is 0 Å². The number of phosphoric acid groups is 1. The van der Waals surface area contributed by atoms with Gasteiger partial charge in [0.15, 0.2) is 0 Å². The minimum Gasteiger partial charge on any atom is -0.756 e. The minimum atomic E-state index is -4.89. The number of hydrogen-bond donors (Lipinski definition) is 3. The molecule has 0 amide bonds. The first-order valence-electron chi connectivity index (χ1n) is 10.1. The van der Waals surface area contributed by atoms with Crippen LogP contribution in [0.25, 0.3) is 0 Å². The topological polar surface area (TPSA) is 116 Å². The summed E-state index contributed by atoms with van der Waals surface area (Å²) in [6, 6.07) is 0. The Morgan fingerprint density at radius 1 is 0.692 bits per heavy atom. The van der Waals surface area contributed by atoms with Crippen LogP contribution < -0.4 is 11.0 Å². The number of hydrogen-bond acceptors (Lipinski definition) is 3. The predicted molar refractivity (Wildman–Crippen MR) is 110 cm³/mol. The summed E-state index contributed by atoms with van der Waals surface area (Å²) < 4.78 is 9.89. The van der Waals surface area contributed by atoms with E-state index in [-0.39, 0.29) is 6.15 Å². The summed E-state index contributed by atoms with van der Waals surface area (Å²) in [6.07, 6.45) is 20.4. The van der Waals surface area contributed by atoms with E-state index < -0.39 is 7.82 Å². The van der Waals surface area contributed by atoms with Crippen molar-refractivity contribution < 1.29 is 23.7 Å². The Kier molecular flexibility index (Phi) is 23.4. The average molecular weight is 399 g/mol. The van der Waals surface area contributed by atoms with Crippen LogP contribution in [0.3, 0.4) is 0 Å². The maximum atomic E-state index is 8.77. The van der Waals surface area contributed by atoms with Crippen LogP contribution in [0, 0.1) is 0 Å². The molecule has 0 aromatic rings. The Morgan fingerprint density at radius 3 is 1.15 bits per heavy atom. The lowest BCUT2D eigenvalue weighted by atomic mass is 10.0. The SMILES string of the molecule is CCCCCCCCCCCCCCCC[N+](C)(C)C.N.O=P([O-])(O)O. The van der Waals surface area contributed by atoms with Gasteiger partial charge < -0.3 is 25.3 Å². The molecule has 0 heterocycles. The van der Waals surface area contributed by atoms with Crippen molar-refractivity contribution in [3.05, 3.63) is 0 Å². The molecule has 0 aromatic heterocycles. The van der Waals surface area contributed by atoms with Gasteiger partial charge in [0.1, 0.15) is 0 Å². The highest BCUT2D eigenvalue weighted by atomic mass is 31.2. The van der Waals surface area contributed by atoms with Gasteiger partial charge in [0.25, 0.3) is 7.82 Å². The van der Waals surface area contributed by atoms with E-state index in [0.717, 1.165) is 4.48 Å². The molecule has 0 aliphatic carbocycles. The molecule has 7 heteroatoms.